The van der Waals surface area contributed by atoms with Gasteiger partial charge >= 0.3 is 0 Å². The Kier molecular flexibility index (Phi) is 5.68. The van der Waals surface area contributed by atoms with Crippen molar-refractivity contribution < 1.29 is 14.7 Å². The molecule has 0 atom stereocenters. The Labute approximate surface area is 200 Å². The standard InChI is InChI=1S/C27H34N4O3/c32-20-11-15-30(16-12-20)27(34)26-23-5-2-6-24(23)31(28-26)17-25(33)29-13-9-19(10-14-29)21-4-1-3-18-7-8-22(18)21/h1,3-4,19-20,32H,2,5-17H2. The molecule has 7 heteroatoms. The third kappa shape index (κ3) is 3.84. The number of hydrogen-bond acceptors (Lipinski definition) is 4. The Morgan fingerprint density at radius 2 is 1.68 bits per heavy atom. The first kappa shape index (κ1) is 21.8. The zero-order valence-corrected chi connectivity index (χ0v) is 19.8. The molecule has 2 aliphatic carbocycles. The summed E-state index contributed by atoms with van der Waals surface area (Å²) in [5.41, 5.74) is 7.19. The van der Waals surface area contributed by atoms with E-state index >= 15 is 0 Å². The van der Waals surface area contributed by atoms with Crippen molar-refractivity contribution in [2.24, 2.45) is 0 Å². The smallest absolute Gasteiger partial charge is 0.274 e. The molecule has 6 rings (SSSR count). The predicted molar refractivity (Wildman–Crippen MR) is 128 cm³/mol. The van der Waals surface area contributed by atoms with E-state index in [1.54, 1.807) is 5.56 Å². The molecule has 1 aromatic carbocycles. The van der Waals surface area contributed by atoms with Crippen molar-refractivity contribution in [3.05, 3.63) is 51.8 Å². The molecular weight excluding hydrogens is 428 g/mol. The van der Waals surface area contributed by atoms with Gasteiger partial charge in [-0.05, 0) is 80.4 Å². The van der Waals surface area contributed by atoms with Crippen LogP contribution in [0.15, 0.2) is 18.2 Å². The predicted octanol–water partition coefficient (Wildman–Crippen LogP) is 2.47. The minimum atomic E-state index is -0.313. The Hall–Kier alpha value is -2.67. The molecule has 34 heavy (non-hydrogen) atoms. The van der Waals surface area contributed by atoms with Gasteiger partial charge in [0, 0.05) is 37.4 Å². The normalized spacial score (nSPS) is 20.7. The number of carbonyl (C=O) groups is 2. The van der Waals surface area contributed by atoms with Crippen LogP contribution in [0.25, 0.3) is 0 Å². The van der Waals surface area contributed by atoms with Crippen LogP contribution in [0.3, 0.4) is 0 Å². The number of aliphatic hydroxyl groups excluding tert-OH is 1. The van der Waals surface area contributed by atoms with Crippen molar-refractivity contribution in [2.75, 3.05) is 26.2 Å². The number of nitrogens with zero attached hydrogens (tertiary/aromatic N) is 4. The van der Waals surface area contributed by atoms with Crippen molar-refractivity contribution in [2.45, 2.75) is 76.4 Å². The Morgan fingerprint density at radius 3 is 2.41 bits per heavy atom. The van der Waals surface area contributed by atoms with Gasteiger partial charge in [0.1, 0.15) is 6.54 Å². The molecule has 0 radical (unpaired) electrons. The highest BCUT2D eigenvalue weighted by Crippen LogP contribution is 2.36. The van der Waals surface area contributed by atoms with Crippen LogP contribution >= 0.6 is 0 Å². The van der Waals surface area contributed by atoms with E-state index in [9.17, 15) is 14.7 Å². The maximum atomic E-state index is 13.2. The molecular formula is C27H34N4O3. The number of aliphatic hydroxyl groups is 1. The molecule has 0 saturated carbocycles. The number of piperidine rings is 2. The molecule has 4 aliphatic rings. The molecule has 2 fully saturated rings. The number of benzene rings is 1. The summed E-state index contributed by atoms with van der Waals surface area (Å²) < 4.78 is 1.81. The van der Waals surface area contributed by atoms with Gasteiger partial charge in [-0.3, -0.25) is 14.3 Å². The van der Waals surface area contributed by atoms with Crippen molar-refractivity contribution >= 4 is 11.8 Å². The van der Waals surface area contributed by atoms with Crippen LogP contribution in [0.5, 0.6) is 0 Å². The molecule has 2 aliphatic heterocycles. The van der Waals surface area contributed by atoms with Crippen LogP contribution in [0.1, 0.15) is 76.5 Å². The second kappa shape index (κ2) is 8.84. The average molecular weight is 463 g/mol. The first-order valence-electron chi connectivity index (χ1n) is 13.0. The summed E-state index contributed by atoms with van der Waals surface area (Å²) in [6, 6.07) is 6.72. The summed E-state index contributed by atoms with van der Waals surface area (Å²) in [5, 5.41) is 14.4. The Balaban J connectivity index is 1.12. The van der Waals surface area contributed by atoms with E-state index in [1.165, 1.54) is 24.0 Å². The maximum Gasteiger partial charge on any atom is 0.274 e. The molecule has 180 valence electrons. The number of amides is 2. The average Bonchev–Trinajstić information content (AvgIpc) is 3.44. The van der Waals surface area contributed by atoms with Gasteiger partial charge < -0.3 is 14.9 Å². The largest absolute Gasteiger partial charge is 0.393 e. The van der Waals surface area contributed by atoms with Crippen LogP contribution < -0.4 is 0 Å². The summed E-state index contributed by atoms with van der Waals surface area (Å²) in [6.07, 6.45) is 8.11. The highest BCUT2D eigenvalue weighted by Gasteiger charge is 2.32. The molecule has 1 aromatic heterocycles. The van der Waals surface area contributed by atoms with Gasteiger partial charge in [0.25, 0.3) is 5.91 Å². The van der Waals surface area contributed by atoms with E-state index in [0.717, 1.165) is 56.5 Å². The summed E-state index contributed by atoms with van der Waals surface area (Å²) in [4.78, 5) is 30.2. The number of carbonyl (C=O) groups excluding carboxylic acids is 2. The van der Waals surface area contributed by atoms with E-state index in [0.29, 0.717) is 37.5 Å². The van der Waals surface area contributed by atoms with Crippen molar-refractivity contribution in [3.8, 4) is 0 Å². The molecule has 0 bridgehead atoms. The summed E-state index contributed by atoms with van der Waals surface area (Å²) in [6.45, 7) is 2.94. The van der Waals surface area contributed by atoms with Crippen LogP contribution in [-0.2, 0) is 37.0 Å². The molecule has 0 spiro atoms. The zero-order valence-electron chi connectivity index (χ0n) is 19.8. The molecule has 2 aromatic rings. The summed E-state index contributed by atoms with van der Waals surface area (Å²) in [7, 11) is 0. The van der Waals surface area contributed by atoms with E-state index in [1.807, 2.05) is 14.5 Å². The van der Waals surface area contributed by atoms with Crippen LogP contribution in [-0.4, -0.2) is 68.8 Å². The SMILES string of the molecule is O=C(Cn1nc(C(=O)N2CCC(O)CC2)c2c1CCC2)N1CCC(c2cccc3c2CC3)CC1. The van der Waals surface area contributed by atoms with E-state index in [-0.39, 0.29) is 24.5 Å². The lowest BCUT2D eigenvalue weighted by Gasteiger charge is -2.35. The number of hydrogen-bond donors (Lipinski definition) is 1. The first-order chi connectivity index (χ1) is 16.6. The van der Waals surface area contributed by atoms with Crippen LogP contribution in [0, 0.1) is 0 Å². The fourth-order valence-corrected chi connectivity index (χ4v) is 6.36. The third-order valence-corrected chi connectivity index (χ3v) is 8.49. The molecule has 7 nitrogen and oxygen atoms in total. The quantitative estimate of drug-likeness (QED) is 0.757. The topological polar surface area (TPSA) is 78.7 Å². The van der Waals surface area contributed by atoms with Crippen molar-refractivity contribution in [1.29, 1.82) is 0 Å². The van der Waals surface area contributed by atoms with Crippen LogP contribution in [0.4, 0.5) is 0 Å². The fourth-order valence-electron chi connectivity index (χ4n) is 6.36. The Morgan fingerprint density at radius 1 is 0.912 bits per heavy atom. The summed E-state index contributed by atoms with van der Waals surface area (Å²) >= 11 is 0. The lowest BCUT2D eigenvalue weighted by Crippen LogP contribution is -2.41. The Bertz CT molecular complexity index is 1110. The second-order valence-corrected chi connectivity index (χ2v) is 10.4. The van der Waals surface area contributed by atoms with Gasteiger partial charge in [0.2, 0.25) is 5.91 Å². The lowest BCUT2D eigenvalue weighted by atomic mass is 9.78. The first-order valence-corrected chi connectivity index (χ1v) is 13.0. The number of aromatic nitrogens is 2. The van der Waals surface area contributed by atoms with Gasteiger partial charge in [-0.1, -0.05) is 18.2 Å². The molecule has 2 amide bonds. The lowest BCUT2D eigenvalue weighted by molar-refractivity contribution is -0.133. The highest BCUT2D eigenvalue weighted by atomic mass is 16.3. The summed E-state index contributed by atoms with van der Waals surface area (Å²) in [5.74, 6) is 0.619. The zero-order chi connectivity index (χ0) is 23.2. The molecule has 1 N–H and O–H groups in total. The van der Waals surface area contributed by atoms with Crippen molar-refractivity contribution in [3.63, 3.8) is 0 Å². The monoisotopic (exact) mass is 462 g/mol. The molecule has 2 saturated heterocycles. The van der Waals surface area contributed by atoms with E-state index in [4.69, 9.17) is 0 Å². The van der Waals surface area contributed by atoms with Crippen molar-refractivity contribution in [1.82, 2.24) is 19.6 Å². The number of fused-ring (bicyclic) bond motifs is 2. The second-order valence-electron chi connectivity index (χ2n) is 10.4. The van der Waals surface area contributed by atoms with E-state index < -0.39 is 0 Å². The third-order valence-electron chi connectivity index (χ3n) is 8.49. The number of rotatable bonds is 4. The van der Waals surface area contributed by atoms with Gasteiger partial charge in [-0.15, -0.1) is 0 Å². The molecule has 3 heterocycles. The fraction of sp³-hybridized carbons (Fsp3) is 0.593. The van der Waals surface area contributed by atoms with Gasteiger partial charge in [0.05, 0.1) is 6.10 Å². The van der Waals surface area contributed by atoms with E-state index in [2.05, 4.69) is 23.3 Å². The van der Waals surface area contributed by atoms with Gasteiger partial charge in [-0.25, -0.2) is 0 Å². The van der Waals surface area contributed by atoms with Gasteiger partial charge in [0.15, 0.2) is 5.69 Å². The number of aryl methyl sites for hydroxylation is 1. The minimum absolute atomic E-state index is 0.0449. The maximum absolute atomic E-state index is 13.2. The minimum Gasteiger partial charge on any atom is -0.393 e. The van der Waals surface area contributed by atoms with Crippen LogP contribution in [0.2, 0.25) is 0 Å². The number of likely N-dealkylation sites (tertiary alicyclic amines) is 2. The molecule has 0 unspecified atom stereocenters. The van der Waals surface area contributed by atoms with Gasteiger partial charge in [-0.2, -0.15) is 5.10 Å². The highest BCUT2D eigenvalue weighted by molar-refractivity contribution is 5.94.